The van der Waals surface area contributed by atoms with Crippen molar-refractivity contribution in [1.82, 2.24) is 4.72 Å². The van der Waals surface area contributed by atoms with Crippen molar-refractivity contribution in [3.05, 3.63) is 29.8 Å². The zero-order chi connectivity index (χ0) is 13.7. The van der Waals surface area contributed by atoms with Gasteiger partial charge >= 0.3 is 0 Å². The highest BCUT2D eigenvalue weighted by molar-refractivity contribution is 9.08. The molecule has 0 saturated carbocycles. The molecule has 0 spiro atoms. The van der Waals surface area contributed by atoms with Gasteiger partial charge in [-0.05, 0) is 36.5 Å². The van der Waals surface area contributed by atoms with Crippen molar-refractivity contribution in [3.8, 4) is 0 Å². The minimum Gasteiger partial charge on any atom is -0.381 e. The van der Waals surface area contributed by atoms with Crippen molar-refractivity contribution < 1.29 is 13.2 Å². The van der Waals surface area contributed by atoms with E-state index in [9.17, 15) is 8.42 Å². The van der Waals surface area contributed by atoms with E-state index < -0.39 is 10.0 Å². The molecule has 1 fully saturated rings. The molecule has 0 amide bonds. The van der Waals surface area contributed by atoms with Crippen LogP contribution in [-0.4, -0.2) is 28.2 Å². The Morgan fingerprint density at radius 3 is 2.63 bits per heavy atom. The fourth-order valence-electron chi connectivity index (χ4n) is 2.04. The van der Waals surface area contributed by atoms with E-state index in [0.29, 0.717) is 18.0 Å². The molecule has 0 aromatic heterocycles. The van der Waals surface area contributed by atoms with Crippen LogP contribution in [0.4, 0.5) is 0 Å². The molecular formula is C13H18BrNO3S. The second-order valence-corrected chi connectivity index (χ2v) is 7.04. The lowest BCUT2D eigenvalue weighted by Gasteiger charge is -2.22. The molecule has 0 bridgehead atoms. The van der Waals surface area contributed by atoms with Gasteiger partial charge in [-0.25, -0.2) is 13.1 Å². The summed E-state index contributed by atoms with van der Waals surface area (Å²) in [5, 5.41) is 0.722. The third kappa shape index (κ3) is 4.27. The van der Waals surface area contributed by atoms with E-state index in [1.54, 1.807) is 12.1 Å². The summed E-state index contributed by atoms with van der Waals surface area (Å²) in [6.45, 7) is 1.88. The van der Waals surface area contributed by atoms with Crippen molar-refractivity contribution in [2.45, 2.75) is 23.1 Å². The Morgan fingerprint density at radius 2 is 2.05 bits per heavy atom. The van der Waals surface area contributed by atoms with Gasteiger partial charge in [-0.15, -0.1) is 0 Å². The smallest absolute Gasteiger partial charge is 0.240 e. The third-order valence-corrected chi connectivity index (χ3v) is 5.29. The second kappa shape index (κ2) is 6.83. The fourth-order valence-corrected chi connectivity index (χ4v) is 3.53. The van der Waals surface area contributed by atoms with E-state index in [1.807, 2.05) is 12.1 Å². The highest BCUT2D eigenvalue weighted by atomic mass is 79.9. The van der Waals surface area contributed by atoms with E-state index in [1.165, 1.54) is 0 Å². The highest BCUT2D eigenvalue weighted by Crippen LogP contribution is 2.15. The summed E-state index contributed by atoms with van der Waals surface area (Å²) < 4.78 is 32.2. The monoisotopic (exact) mass is 347 g/mol. The topological polar surface area (TPSA) is 55.4 Å². The first kappa shape index (κ1) is 15.0. The fraction of sp³-hybridized carbons (Fsp3) is 0.538. The van der Waals surface area contributed by atoms with E-state index in [4.69, 9.17) is 4.74 Å². The summed E-state index contributed by atoms with van der Waals surface area (Å²) in [6, 6.07) is 6.90. The number of halogens is 1. The van der Waals surface area contributed by atoms with E-state index >= 15 is 0 Å². The molecule has 1 atom stereocenters. The van der Waals surface area contributed by atoms with Crippen molar-refractivity contribution >= 4 is 26.0 Å². The van der Waals surface area contributed by atoms with Crippen LogP contribution in [0, 0.1) is 5.92 Å². The number of rotatable bonds is 5. The van der Waals surface area contributed by atoms with Gasteiger partial charge in [0, 0.05) is 18.5 Å². The lowest BCUT2D eigenvalue weighted by molar-refractivity contribution is 0.0568. The molecule has 6 heteroatoms. The maximum Gasteiger partial charge on any atom is 0.240 e. The van der Waals surface area contributed by atoms with Crippen LogP contribution in [-0.2, 0) is 20.1 Å². The summed E-state index contributed by atoms with van der Waals surface area (Å²) in [5.41, 5.74) is 1.06. The van der Waals surface area contributed by atoms with Gasteiger partial charge in [0.2, 0.25) is 10.0 Å². The van der Waals surface area contributed by atoms with Crippen LogP contribution in [0.15, 0.2) is 29.2 Å². The van der Waals surface area contributed by atoms with Crippen LogP contribution < -0.4 is 4.72 Å². The molecule has 2 rings (SSSR count). The number of sulfonamides is 1. The molecule has 1 aromatic carbocycles. The summed E-state index contributed by atoms with van der Waals surface area (Å²) >= 11 is 3.34. The van der Waals surface area contributed by atoms with Crippen molar-refractivity contribution in [1.29, 1.82) is 0 Å². The van der Waals surface area contributed by atoms with Crippen LogP contribution >= 0.6 is 15.9 Å². The molecule has 4 nitrogen and oxygen atoms in total. The quantitative estimate of drug-likeness (QED) is 0.831. The number of ether oxygens (including phenoxy) is 1. The number of hydrogen-bond acceptors (Lipinski definition) is 3. The highest BCUT2D eigenvalue weighted by Gasteiger charge is 2.18. The van der Waals surface area contributed by atoms with Crippen LogP contribution in [0.25, 0.3) is 0 Å². The predicted molar refractivity (Wildman–Crippen MR) is 77.8 cm³/mol. The molecular weight excluding hydrogens is 330 g/mol. The molecule has 19 heavy (non-hydrogen) atoms. The lowest BCUT2D eigenvalue weighted by atomic mass is 10.0. The van der Waals surface area contributed by atoms with E-state index in [-0.39, 0.29) is 5.92 Å². The zero-order valence-corrected chi connectivity index (χ0v) is 13.0. The van der Waals surface area contributed by atoms with Gasteiger partial charge in [0.15, 0.2) is 0 Å². The maximum atomic E-state index is 12.1. The van der Waals surface area contributed by atoms with Crippen LogP contribution in [0.1, 0.15) is 18.4 Å². The van der Waals surface area contributed by atoms with Crippen molar-refractivity contribution in [3.63, 3.8) is 0 Å². The Balaban J connectivity index is 1.96. The van der Waals surface area contributed by atoms with E-state index in [0.717, 1.165) is 30.3 Å². The minimum atomic E-state index is -3.41. The molecule has 106 valence electrons. The molecule has 1 heterocycles. The number of alkyl halides is 1. The van der Waals surface area contributed by atoms with Crippen LogP contribution in [0.5, 0.6) is 0 Å². The van der Waals surface area contributed by atoms with Gasteiger partial charge in [-0.2, -0.15) is 0 Å². The Bertz CT molecular complexity index is 495. The van der Waals surface area contributed by atoms with Gasteiger partial charge in [0.1, 0.15) is 0 Å². The third-order valence-electron chi connectivity index (χ3n) is 3.20. The average molecular weight is 348 g/mol. The molecule has 1 aliphatic heterocycles. The molecule has 0 aliphatic carbocycles. The van der Waals surface area contributed by atoms with Gasteiger partial charge in [0.25, 0.3) is 0 Å². The lowest BCUT2D eigenvalue weighted by Crippen LogP contribution is -2.33. The van der Waals surface area contributed by atoms with Gasteiger partial charge in [-0.1, -0.05) is 28.1 Å². The first-order valence-electron chi connectivity index (χ1n) is 6.34. The number of hydrogen-bond donors (Lipinski definition) is 1. The largest absolute Gasteiger partial charge is 0.381 e. The summed E-state index contributed by atoms with van der Waals surface area (Å²) in [5.74, 6) is 0.283. The number of nitrogens with one attached hydrogen (secondary N) is 1. The van der Waals surface area contributed by atoms with Crippen LogP contribution in [0.2, 0.25) is 0 Å². The molecule has 1 aromatic rings. The first-order chi connectivity index (χ1) is 9.12. The van der Waals surface area contributed by atoms with Crippen LogP contribution in [0.3, 0.4) is 0 Å². The molecule has 1 saturated heterocycles. The van der Waals surface area contributed by atoms with Gasteiger partial charge in [-0.3, -0.25) is 0 Å². The Kier molecular flexibility index (Phi) is 5.38. The Hall–Kier alpha value is -0.430. The Morgan fingerprint density at radius 1 is 1.32 bits per heavy atom. The molecule has 1 aliphatic rings. The predicted octanol–water partition coefficient (Wildman–Crippen LogP) is 2.29. The molecule has 1 N–H and O–H groups in total. The standard InChI is InChI=1S/C13H18BrNO3S/c14-8-11-3-5-13(6-4-11)19(16,17)15-9-12-2-1-7-18-10-12/h3-6,12,15H,1-2,7-10H2. The van der Waals surface area contributed by atoms with E-state index in [2.05, 4.69) is 20.7 Å². The first-order valence-corrected chi connectivity index (χ1v) is 8.94. The average Bonchev–Trinajstić information content (AvgIpc) is 2.46. The number of benzene rings is 1. The van der Waals surface area contributed by atoms with Gasteiger partial charge < -0.3 is 4.74 Å². The van der Waals surface area contributed by atoms with Crippen molar-refractivity contribution in [2.75, 3.05) is 19.8 Å². The zero-order valence-electron chi connectivity index (χ0n) is 10.6. The normalized spacial score (nSPS) is 20.4. The molecule has 1 unspecified atom stereocenters. The summed E-state index contributed by atoms with van der Waals surface area (Å²) in [6.07, 6.45) is 2.03. The summed E-state index contributed by atoms with van der Waals surface area (Å²) in [4.78, 5) is 0.314. The second-order valence-electron chi connectivity index (χ2n) is 4.71. The van der Waals surface area contributed by atoms with Crippen molar-refractivity contribution in [2.24, 2.45) is 5.92 Å². The van der Waals surface area contributed by atoms with Gasteiger partial charge in [0.05, 0.1) is 11.5 Å². The molecule has 0 radical (unpaired) electrons. The minimum absolute atomic E-state index is 0.283. The Labute approximate surface area is 122 Å². The maximum absolute atomic E-state index is 12.1. The SMILES string of the molecule is O=S(=O)(NCC1CCCOC1)c1ccc(CBr)cc1. The summed E-state index contributed by atoms with van der Waals surface area (Å²) in [7, 11) is -3.41.